The van der Waals surface area contributed by atoms with Crippen LogP contribution in [-0.4, -0.2) is 29.8 Å². The first-order chi connectivity index (χ1) is 11.4. The average Bonchev–Trinajstić information content (AvgIpc) is 2.56. The minimum absolute atomic E-state index is 0.350. The van der Waals surface area contributed by atoms with Crippen molar-refractivity contribution in [3.8, 4) is 5.88 Å². The van der Waals surface area contributed by atoms with Gasteiger partial charge in [0.15, 0.2) is 0 Å². The van der Waals surface area contributed by atoms with Gasteiger partial charge in [-0.05, 0) is 53.5 Å². The molecule has 0 bridgehead atoms. The maximum atomic E-state index is 6.01. The van der Waals surface area contributed by atoms with Gasteiger partial charge in [-0.1, -0.05) is 29.3 Å². The third-order valence-corrected chi connectivity index (χ3v) is 4.67. The summed E-state index contributed by atoms with van der Waals surface area (Å²) in [6.07, 6.45) is 1.78. The van der Waals surface area contributed by atoms with Crippen LogP contribution >= 0.6 is 39.1 Å². The maximum Gasteiger partial charge on any atom is 0.228 e. The van der Waals surface area contributed by atoms with Gasteiger partial charge in [0.05, 0.1) is 32.2 Å². The maximum absolute atomic E-state index is 6.01. The number of hydrogen-bond donors (Lipinski definition) is 0. The molecule has 1 heterocycles. The second kappa shape index (κ2) is 8.70. The van der Waals surface area contributed by atoms with E-state index in [0.717, 1.165) is 28.0 Å². The Kier molecular flexibility index (Phi) is 6.90. The van der Waals surface area contributed by atoms with Crippen molar-refractivity contribution >= 4 is 51.2 Å². The summed E-state index contributed by atoms with van der Waals surface area (Å²) in [5, 5.41) is 1.03. The number of pyridine rings is 1. The number of ether oxygens (including phenoxy) is 1. The number of nitrogens with zero attached hydrogens (tertiary/aromatic N) is 3. The van der Waals surface area contributed by atoms with Crippen molar-refractivity contribution in [1.82, 2.24) is 9.88 Å². The third-order valence-electron chi connectivity index (χ3n) is 3.36. The van der Waals surface area contributed by atoms with E-state index in [4.69, 9.17) is 27.9 Å². The minimum Gasteiger partial charge on any atom is -0.472 e. The molecule has 0 aliphatic rings. The summed E-state index contributed by atoms with van der Waals surface area (Å²) in [7, 11) is 1.97. The second-order valence-electron chi connectivity index (χ2n) is 5.23. The molecule has 0 aliphatic heterocycles. The topological polar surface area (TPSA) is 37.7 Å². The molecule has 0 unspecified atom stereocenters. The summed E-state index contributed by atoms with van der Waals surface area (Å²) >= 11 is 15.4. The Morgan fingerprint density at radius 2 is 2.04 bits per heavy atom. The van der Waals surface area contributed by atoms with Crippen molar-refractivity contribution in [2.75, 3.05) is 13.6 Å². The minimum atomic E-state index is 0.350. The lowest BCUT2D eigenvalue weighted by atomic mass is 10.2. The van der Waals surface area contributed by atoms with Crippen LogP contribution in [0.1, 0.15) is 18.2 Å². The Morgan fingerprint density at radius 1 is 1.29 bits per heavy atom. The van der Waals surface area contributed by atoms with Crippen LogP contribution in [-0.2, 0) is 6.61 Å². The quantitative estimate of drug-likeness (QED) is 0.438. The van der Waals surface area contributed by atoms with Crippen molar-refractivity contribution in [2.24, 2.45) is 4.99 Å². The zero-order chi connectivity index (χ0) is 17.7. The number of aromatic nitrogens is 1. The number of benzene rings is 1. The van der Waals surface area contributed by atoms with E-state index < -0.39 is 0 Å². The highest BCUT2D eigenvalue weighted by Crippen LogP contribution is 2.30. The van der Waals surface area contributed by atoms with E-state index in [2.05, 4.69) is 32.8 Å². The molecular weight excluding hydrogens is 413 g/mol. The number of aryl methyl sites for hydroxylation is 1. The summed E-state index contributed by atoms with van der Waals surface area (Å²) in [5.41, 5.74) is 2.51. The van der Waals surface area contributed by atoms with E-state index in [1.807, 2.05) is 31.0 Å². The fraction of sp³-hybridized carbons (Fsp3) is 0.294. The monoisotopic (exact) mass is 429 g/mol. The Balaban J connectivity index is 2.12. The number of aliphatic imine (C=N–C) groups is 1. The summed E-state index contributed by atoms with van der Waals surface area (Å²) in [4.78, 5) is 10.9. The van der Waals surface area contributed by atoms with Crippen molar-refractivity contribution in [3.63, 3.8) is 0 Å². The predicted molar refractivity (Wildman–Crippen MR) is 104 cm³/mol. The van der Waals surface area contributed by atoms with Gasteiger partial charge in [-0.15, -0.1) is 0 Å². The number of halogens is 3. The molecule has 0 radical (unpaired) electrons. The van der Waals surface area contributed by atoms with Crippen LogP contribution in [0.4, 0.5) is 5.69 Å². The normalized spacial score (nSPS) is 11.1. The largest absolute Gasteiger partial charge is 0.472 e. The Bertz CT molecular complexity index is 753. The molecule has 0 atom stereocenters. The molecule has 7 heteroatoms. The van der Waals surface area contributed by atoms with E-state index in [1.165, 1.54) is 0 Å². The van der Waals surface area contributed by atoms with Gasteiger partial charge in [-0.25, -0.2) is 9.98 Å². The molecule has 128 valence electrons. The van der Waals surface area contributed by atoms with Gasteiger partial charge in [-0.3, -0.25) is 0 Å². The lowest BCUT2D eigenvalue weighted by Crippen LogP contribution is -2.14. The number of hydrogen-bond acceptors (Lipinski definition) is 3. The Morgan fingerprint density at radius 3 is 2.71 bits per heavy atom. The van der Waals surface area contributed by atoms with Crippen LogP contribution in [0, 0.1) is 6.92 Å². The van der Waals surface area contributed by atoms with E-state index >= 15 is 0 Å². The molecule has 1 aromatic heterocycles. The van der Waals surface area contributed by atoms with Crippen molar-refractivity contribution < 1.29 is 4.74 Å². The lowest BCUT2D eigenvalue weighted by molar-refractivity contribution is 0.291. The van der Waals surface area contributed by atoms with Crippen LogP contribution in [0.3, 0.4) is 0 Å². The van der Waals surface area contributed by atoms with Crippen LogP contribution in [0.25, 0.3) is 0 Å². The fourth-order valence-corrected chi connectivity index (χ4v) is 2.55. The van der Waals surface area contributed by atoms with Gasteiger partial charge in [0.2, 0.25) is 5.88 Å². The molecule has 24 heavy (non-hydrogen) atoms. The summed E-state index contributed by atoms with van der Waals surface area (Å²) in [5.74, 6) is 0.515. The van der Waals surface area contributed by atoms with Gasteiger partial charge in [0, 0.05) is 13.6 Å². The van der Waals surface area contributed by atoms with E-state index in [0.29, 0.717) is 22.5 Å². The summed E-state index contributed by atoms with van der Waals surface area (Å²) in [6.45, 7) is 5.20. The first-order valence-electron chi connectivity index (χ1n) is 7.39. The molecule has 2 aromatic rings. The zero-order valence-corrected chi connectivity index (χ0v) is 16.8. The molecule has 2 rings (SSSR count). The van der Waals surface area contributed by atoms with Crippen LogP contribution in [0.2, 0.25) is 10.0 Å². The first kappa shape index (κ1) is 19.0. The average molecular weight is 431 g/mol. The highest BCUT2D eigenvalue weighted by molar-refractivity contribution is 9.10. The van der Waals surface area contributed by atoms with E-state index in [9.17, 15) is 0 Å². The molecule has 1 aromatic carbocycles. The number of rotatable bonds is 6. The Labute approximate surface area is 160 Å². The van der Waals surface area contributed by atoms with Crippen LogP contribution in [0.15, 0.2) is 33.7 Å². The Hall–Kier alpha value is -1.30. The molecule has 0 fully saturated rings. The lowest BCUT2D eigenvalue weighted by Gasteiger charge is -2.11. The van der Waals surface area contributed by atoms with Gasteiger partial charge < -0.3 is 9.64 Å². The summed E-state index contributed by atoms with van der Waals surface area (Å²) in [6, 6.07) is 7.29. The summed E-state index contributed by atoms with van der Waals surface area (Å²) < 4.78 is 6.53. The van der Waals surface area contributed by atoms with Gasteiger partial charge in [0.1, 0.15) is 6.61 Å². The van der Waals surface area contributed by atoms with E-state index in [1.54, 1.807) is 18.5 Å². The fourth-order valence-electron chi connectivity index (χ4n) is 1.80. The van der Waals surface area contributed by atoms with Crippen LogP contribution < -0.4 is 4.74 Å². The molecule has 0 amide bonds. The van der Waals surface area contributed by atoms with Gasteiger partial charge in [0.25, 0.3) is 0 Å². The van der Waals surface area contributed by atoms with Gasteiger partial charge >= 0.3 is 0 Å². The van der Waals surface area contributed by atoms with Gasteiger partial charge in [-0.2, -0.15) is 0 Å². The third kappa shape index (κ3) is 5.10. The van der Waals surface area contributed by atoms with Crippen LogP contribution in [0.5, 0.6) is 5.88 Å². The predicted octanol–water partition coefficient (Wildman–Crippen LogP) is 5.65. The first-order valence-corrected chi connectivity index (χ1v) is 8.94. The van der Waals surface area contributed by atoms with E-state index in [-0.39, 0.29) is 0 Å². The molecule has 0 saturated carbocycles. The molecule has 4 nitrogen and oxygen atoms in total. The highest BCUT2D eigenvalue weighted by Gasteiger charge is 2.09. The smallest absolute Gasteiger partial charge is 0.228 e. The molecule has 0 spiro atoms. The molecule has 0 saturated heterocycles. The van der Waals surface area contributed by atoms with Crippen molar-refractivity contribution in [2.45, 2.75) is 20.5 Å². The molecular formula is C17H18BrCl2N3O. The van der Waals surface area contributed by atoms with Crippen molar-refractivity contribution in [3.05, 3.63) is 50.0 Å². The molecule has 0 N–H and O–H groups in total. The molecule has 0 aliphatic carbocycles. The standard InChI is InChI=1S/C17H18BrCl2N3O/c1-4-23(3)10-21-16-8-13(18)17(22-11(16)2)24-9-12-5-6-14(19)15(20)7-12/h5-8,10H,4,9H2,1-3H3. The zero-order valence-electron chi connectivity index (χ0n) is 13.7. The highest BCUT2D eigenvalue weighted by atomic mass is 79.9. The SMILES string of the molecule is CCN(C)C=Nc1cc(Br)c(OCc2ccc(Cl)c(Cl)c2)nc1C. The second-order valence-corrected chi connectivity index (χ2v) is 6.90. The van der Waals surface area contributed by atoms with Crippen molar-refractivity contribution in [1.29, 1.82) is 0 Å².